The summed E-state index contributed by atoms with van der Waals surface area (Å²) in [4.78, 5) is 9.61. The van der Waals surface area contributed by atoms with E-state index in [4.69, 9.17) is 0 Å². The van der Waals surface area contributed by atoms with Gasteiger partial charge in [-0.2, -0.15) is 11.2 Å². The number of pyridine rings is 1. The monoisotopic (exact) mass is 578 g/mol. The molecule has 0 unspecified atom stereocenters. The Balaban J connectivity index is 0.00000245. The third-order valence-electron chi connectivity index (χ3n) is 7.63. The molecular weight excluding hydrogens is 559 g/mol. The normalized spacial score (nSPS) is 13.1. The zero-order valence-electron chi connectivity index (χ0n) is 21.1. The van der Waals surface area contributed by atoms with E-state index in [0.29, 0.717) is 0 Å². The molecule has 0 aliphatic carbocycles. The van der Waals surface area contributed by atoms with Gasteiger partial charge in [-0.3, -0.25) is 4.68 Å². The van der Waals surface area contributed by atoms with Crippen LogP contribution in [0.1, 0.15) is 4.88 Å². The van der Waals surface area contributed by atoms with E-state index in [9.17, 15) is 0 Å². The largest absolute Gasteiger partial charge is 2.00 e. The van der Waals surface area contributed by atoms with E-state index in [1.807, 2.05) is 46.6 Å². The first-order valence-electron chi connectivity index (χ1n) is 13.0. The van der Waals surface area contributed by atoms with E-state index in [0.717, 1.165) is 63.1 Å². The molecule has 5 aromatic heterocycles. The second kappa shape index (κ2) is 8.81. The van der Waals surface area contributed by atoms with E-state index >= 15 is 0 Å². The molecule has 40 heavy (non-hydrogen) atoms. The van der Waals surface area contributed by atoms with Gasteiger partial charge in [0, 0.05) is 23.8 Å². The molecule has 194 valence electrons. The second-order valence-corrected chi connectivity index (χ2v) is 10.9. The third-order valence-corrected chi connectivity index (χ3v) is 8.85. The molecule has 0 radical (unpaired) electrons. The number of hydrogen-bond donors (Lipinski definition) is 0. The molecule has 6 heterocycles. The summed E-state index contributed by atoms with van der Waals surface area (Å²) in [6.45, 7) is 0.941. The number of thiophene rings is 1. The van der Waals surface area contributed by atoms with Crippen molar-refractivity contribution in [1.29, 1.82) is 0 Å². The number of hydrogen-bond acceptors (Lipinski definition) is 4. The van der Waals surface area contributed by atoms with Crippen LogP contribution in [0.15, 0.2) is 97.3 Å². The summed E-state index contributed by atoms with van der Waals surface area (Å²) in [5.74, 6) is 0.987. The van der Waals surface area contributed by atoms with Gasteiger partial charge in [-0.05, 0) is 57.8 Å². The van der Waals surface area contributed by atoms with Crippen LogP contribution in [0.2, 0.25) is 0 Å². The molecule has 0 spiro atoms. The van der Waals surface area contributed by atoms with Crippen LogP contribution in [-0.2, 0) is 22.9 Å². The molecular formula is C32H20N6NiS. The van der Waals surface area contributed by atoms with Crippen LogP contribution in [0, 0.1) is 12.1 Å². The van der Waals surface area contributed by atoms with Crippen molar-refractivity contribution in [2.45, 2.75) is 6.42 Å². The van der Waals surface area contributed by atoms with Crippen molar-refractivity contribution >= 4 is 60.6 Å². The molecule has 8 aromatic rings. The summed E-state index contributed by atoms with van der Waals surface area (Å²) in [6, 6.07) is 36.7. The van der Waals surface area contributed by atoms with Gasteiger partial charge in [0.2, 0.25) is 0 Å². The minimum Gasteiger partial charge on any atom is -0.378 e. The molecule has 1 aliphatic rings. The fourth-order valence-corrected chi connectivity index (χ4v) is 7.22. The van der Waals surface area contributed by atoms with Gasteiger partial charge < -0.3 is 13.9 Å². The maximum atomic E-state index is 4.67. The number of anilines is 2. The number of aromatic nitrogens is 5. The van der Waals surface area contributed by atoms with Gasteiger partial charge in [-0.25, -0.2) is 16.3 Å². The van der Waals surface area contributed by atoms with Gasteiger partial charge in [-0.1, -0.05) is 42.1 Å². The average molecular weight is 579 g/mol. The molecule has 1 aliphatic heterocycles. The Bertz CT molecular complexity index is 2200. The summed E-state index contributed by atoms with van der Waals surface area (Å²) in [5, 5.41) is 6.93. The first-order valence-corrected chi connectivity index (χ1v) is 13.8. The van der Waals surface area contributed by atoms with Gasteiger partial charge >= 0.3 is 16.5 Å². The number of imidazole rings is 1. The topological polar surface area (TPSA) is 43.3 Å². The number of para-hydroxylation sites is 3. The van der Waals surface area contributed by atoms with Gasteiger partial charge in [0.25, 0.3) is 0 Å². The molecule has 3 aromatic carbocycles. The fourth-order valence-electron chi connectivity index (χ4n) is 5.96. The number of benzene rings is 3. The molecule has 0 atom stereocenters. The van der Waals surface area contributed by atoms with E-state index in [1.54, 1.807) is 0 Å². The van der Waals surface area contributed by atoms with E-state index in [-0.39, 0.29) is 16.5 Å². The Kier molecular flexibility index (Phi) is 5.18. The summed E-state index contributed by atoms with van der Waals surface area (Å²) < 4.78 is 6.58. The molecule has 0 N–H and O–H groups in total. The van der Waals surface area contributed by atoms with Crippen molar-refractivity contribution in [3.63, 3.8) is 0 Å². The van der Waals surface area contributed by atoms with Crippen molar-refractivity contribution in [1.82, 2.24) is 23.7 Å². The van der Waals surface area contributed by atoms with Gasteiger partial charge in [0.05, 0.1) is 22.7 Å². The minimum atomic E-state index is 0. The van der Waals surface area contributed by atoms with Gasteiger partial charge in [0.1, 0.15) is 5.82 Å². The Labute approximate surface area is 243 Å². The average Bonchev–Trinajstić information content (AvgIpc) is 3.78. The Morgan fingerprint density at radius 2 is 1.57 bits per heavy atom. The van der Waals surface area contributed by atoms with Crippen molar-refractivity contribution in [2.75, 3.05) is 11.4 Å². The van der Waals surface area contributed by atoms with Crippen LogP contribution < -0.4 is 4.90 Å². The Hall–Kier alpha value is -4.39. The van der Waals surface area contributed by atoms with E-state index in [2.05, 4.69) is 103 Å². The van der Waals surface area contributed by atoms with Crippen LogP contribution in [0.25, 0.3) is 49.2 Å². The first kappa shape index (κ1) is 23.5. The molecule has 0 saturated heterocycles. The zero-order valence-corrected chi connectivity index (χ0v) is 22.9. The Morgan fingerprint density at radius 3 is 2.45 bits per heavy atom. The predicted octanol–water partition coefficient (Wildman–Crippen LogP) is 7.12. The number of fused-ring (bicyclic) bond motifs is 8. The summed E-state index contributed by atoms with van der Waals surface area (Å²) >= 11 is 1.87. The van der Waals surface area contributed by atoms with Gasteiger partial charge in [-0.15, -0.1) is 29.7 Å². The number of nitrogens with zero attached hydrogens (tertiary/aromatic N) is 6. The predicted molar refractivity (Wildman–Crippen MR) is 157 cm³/mol. The smallest absolute Gasteiger partial charge is 0.378 e. The summed E-state index contributed by atoms with van der Waals surface area (Å²) in [5.41, 5.74) is 7.46. The molecule has 8 heteroatoms. The van der Waals surface area contributed by atoms with Crippen molar-refractivity contribution in [3.05, 3.63) is 114 Å². The van der Waals surface area contributed by atoms with E-state index in [1.165, 1.54) is 15.4 Å². The van der Waals surface area contributed by atoms with Crippen LogP contribution in [0.3, 0.4) is 0 Å². The van der Waals surface area contributed by atoms with Crippen molar-refractivity contribution in [2.24, 2.45) is 0 Å². The molecule has 0 saturated carbocycles. The molecule has 6 nitrogen and oxygen atoms in total. The standard InChI is InChI=1S/C32H20N6S.Ni/c1-2-11-25-21(8-1)20-34-38(25)23-10-7-9-22(18-23)36-26-12-3-4-13-27(26)37-30(36)19-24-31-28(39-32(24)37)15-17-35(31)29-14-5-6-16-33-29;/h1-14,16,20H,15,17H2;/q-2;+2. The molecule has 0 bridgehead atoms. The zero-order chi connectivity index (χ0) is 25.5. The molecule has 9 rings (SSSR count). The van der Waals surface area contributed by atoms with Crippen LogP contribution in [-0.4, -0.2) is 30.3 Å². The second-order valence-electron chi connectivity index (χ2n) is 9.79. The molecule has 0 fully saturated rings. The van der Waals surface area contributed by atoms with E-state index < -0.39 is 0 Å². The third kappa shape index (κ3) is 3.21. The fraction of sp³-hybridized carbons (Fsp3) is 0.0625. The molecule has 0 amide bonds. The maximum absolute atomic E-state index is 4.67. The summed E-state index contributed by atoms with van der Waals surface area (Å²) in [6.07, 6.45) is 4.79. The SMILES string of the molecule is [Ni+2].[c-]1c(-n2ncc3ccccc32)cccc1-n1c2ccccc2n2c3sc4c(c3[c-]c12)N(c1ccccn1)CC4. The minimum absolute atomic E-state index is 0. The quantitative estimate of drug-likeness (QED) is 0.165. The first-order chi connectivity index (χ1) is 19.3. The van der Waals surface area contributed by atoms with Crippen molar-refractivity contribution in [3.8, 4) is 11.4 Å². The summed E-state index contributed by atoms with van der Waals surface area (Å²) in [7, 11) is 0. The van der Waals surface area contributed by atoms with Gasteiger partial charge in [0.15, 0.2) is 0 Å². The van der Waals surface area contributed by atoms with Crippen molar-refractivity contribution < 1.29 is 16.5 Å². The van der Waals surface area contributed by atoms with Crippen LogP contribution >= 0.6 is 11.3 Å². The van der Waals surface area contributed by atoms with Crippen LogP contribution in [0.5, 0.6) is 0 Å². The Morgan fingerprint density at radius 1 is 0.775 bits per heavy atom. The number of rotatable bonds is 3. The maximum Gasteiger partial charge on any atom is 2.00 e. The van der Waals surface area contributed by atoms with Crippen LogP contribution in [0.4, 0.5) is 11.5 Å².